The highest BCUT2D eigenvalue weighted by atomic mass is 32.2. The highest BCUT2D eigenvalue weighted by Crippen LogP contribution is 2.28. The summed E-state index contributed by atoms with van der Waals surface area (Å²) in [4.78, 5) is 0.206. The molecule has 0 spiro atoms. The van der Waals surface area contributed by atoms with Gasteiger partial charge in [-0.1, -0.05) is 0 Å². The zero-order valence-corrected chi connectivity index (χ0v) is 12.5. The topological polar surface area (TPSA) is 84.2 Å². The molecular formula is C12H19N3O2S2. The van der Waals surface area contributed by atoms with Crippen molar-refractivity contribution in [3.05, 3.63) is 18.2 Å². The lowest BCUT2D eigenvalue weighted by molar-refractivity contribution is 0.588. The first-order valence-electron chi connectivity index (χ1n) is 6.21. The van der Waals surface area contributed by atoms with Gasteiger partial charge in [0.2, 0.25) is 10.0 Å². The quantitative estimate of drug-likeness (QED) is 0.718. The molecule has 19 heavy (non-hydrogen) atoms. The van der Waals surface area contributed by atoms with Crippen LogP contribution in [0.3, 0.4) is 0 Å². The standard InChI is InChI=1S/C12H19N3O2S2/c1-14-19(16,17)12-7-9(13)4-5-11(12)15-8-10-3-2-6-18-10/h4-5,7,10,14-15H,2-3,6,8,13H2,1H3. The molecule has 1 heterocycles. The van der Waals surface area contributed by atoms with E-state index in [2.05, 4.69) is 10.0 Å². The summed E-state index contributed by atoms with van der Waals surface area (Å²) < 4.78 is 26.2. The van der Waals surface area contributed by atoms with Crippen molar-refractivity contribution in [1.29, 1.82) is 0 Å². The Morgan fingerprint density at radius 2 is 2.26 bits per heavy atom. The fourth-order valence-electron chi connectivity index (χ4n) is 2.05. The van der Waals surface area contributed by atoms with Crippen LogP contribution in [0.1, 0.15) is 12.8 Å². The summed E-state index contributed by atoms with van der Waals surface area (Å²) in [6.45, 7) is 0.779. The normalized spacial score (nSPS) is 19.5. The Labute approximate surface area is 118 Å². The summed E-state index contributed by atoms with van der Waals surface area (Å²) in [6.07, 6.45) is 2.42. The molecule has 1 aromatic rings. The first-order valence-corrected chi connectivity index (χ1v) is 8.74. The van der Waals surface area contributed by atoms with E-state index in [-0.39, 0.29) is 4.90 Å². The van der Waals surface area contributed by atoms with Gasteiger partial charge in [0.15, 0.2) is 0 Å². The number of sulfonamides is 1. The van der Waals surface area contributed by atoms with Crippen molar-refractivity contribution in [2.45, 2.75) is 23.0 Å². The number of anilines is 2. The van der Waals surface area contributed by atoms with Gasteiger partial charge in [0.1, 0.15) is 4.90 Å². The van der Waals surface area contributed by atoms with Crippen LogP contribution < -0.4 is 15.8 Å². The molecule has 0 amide bonds. The Morgan fingerprint density at radius 1 is 1.47 bits per heavy atom. The third kappa shape index (κ3) is 3.55. The molecule has 0 saturated carbocycles. The van der Waals surface area contributed by atoms with Crippen LogP contribution in [0.2, 0.25) is 0 Å². The molecule has 1 saturated heterocycles. The van der Waals surface area contributed by atoms with Crippen LogP contribution in [0.15, 0.2) is 23.1 Å². The van der Waals surface area contributed by atoms with Crippen molar-refractivity contribution in [2.75, 3.05) is 30.4 Å². The summed E-state index contributed by atoms with van der Waals surface area (Å²) in [6, 6.07) is 4.91. The van der Waals surface area contributed by atoms with E-state index in [1.165, 1.54) is 31.7 Å². The molecule has 4 N–H and O–H groups in total. The lowest BCUT2D eigenvalue weighted by atomic mass is 10.2. The molecule has 106 valence electrons. The molecule has 1 fully saturated rings. The van der Waals surface area contributed by atoms with Gasteiger partial charge >= 0.3 is 0 Å². The second kappa shape index (κ2) is 6.02. The molecule has 1 aromatic carbocycles. The Hall–Kier alpha value is -0.920. The Morgan fingerprint density at radius 3 is 2.89 bits per heavy atom. The van der Waals surface area contributed by atoms with Gasteiger partial charge in [-0.05, 0) is 43.8 Å². The molecular weight excluding hydrogens is 282 g/mol. The number of nitrogens with two attached hydrogens (primary N) is 1. The first kappa shape index (κ1) is 14.5. The third-order valence-electron chi connectivity index (χ3n) is 3.11. The van der Waals surface area contributed by atoms with Crippen LogP contribution in [0.25, 0.3) is 0 Å². The number of nitrogens with one attached hydrogen (secondary N) is 2. The van der Waals surface area contributed by atoms with Gasteiger partial charge in [-0.3, -0.25) is 0 Å². The van der Waals surface area contributed by atoms with E-state index in [0.29, 0.717) is 16.6 Å². The fourth-order valence-corrected chi connectivity index (χ4v) is 4.19. The number of hydrogen-bond donors (Lipinski definition) is 3. The SMILES string of the molecule is CNS(=O)(=O)c1cc(N)ccc1NCC1CCCS1. The molecule has 1 aliphatic rings. The molecule has 1 aliphatic heterocycles. The van der Waals surface area contributed by atoms with Crippen LogP contribution in [-0.2, 0) is 10.0 Å². The lowest BCUT2D eigenvalue weighted by Gasteiger charge is -2.15. The predicted octanol–water partition coefficient (Wildman–Crippen LogP) is 1.48. The fraction of sp³-hybridized carbons (Fsp3) is 0.500. The molecule has 0 bridgehead atoms. The van der Waals surface area contributed by atoms with Crippen LogP contribution in [-0.4, -0.2) is 33.0 Å². The van der Waals surface area contributed by atoms with E-state index >= 15 is 0 Å². The molecule has 1 atom stereocenters. The zero-order valence-electron chi connectivity index (χ0n) is 10.8. The number of thioether (sulfide) groups is 1. The van der Waals surface area contributed by atoms with E-state index in [4.69, 9.17) is 5.73 Å². The minimum atomic E-state index is -3.50. The van der Waals surface area contributed by atoms with Gasteiger partial charge in [0.05, 0.1) is 5.69 Å². The van der Waals surface area contributed by atoms with Crippen molar-refractivity contribution in [2.24, 2.45) is 0 Å². The summed E-state index contributed by atoms with van der Waals surface area (Å²) in [5.41, 5.74) is 6.72. The Balaban J connectivity index is 2.19. The number of rotatable bonds is 5. The van der Waals surface area contributed by atoms with Crippen molar-refractivity contribution in [3.8, 4) is 0 Å². The van der Waals surface area contributed by atoms with Crippen LogP contribution in [0, 0.1) is 0 Å². The Kier molecular flexibility index (Phi) is 4.59. The molecule has 7 heteroatoms. The van der Waals surface area contributed by atoms with Crippen molar-refractivity contribution in [3.63, 3.8) is 0 Å². The van der Waals surface area contributed by atoms with Crippen LogP contribution >= 0.6 is 11.8 Å². The van der Waals surface area contributed by atoms with Crippen LogP contribution in [0.4, 0.5) is 11.4 Å². The van der Waals surface area contributed by atoms with E-state index in [9.17, 15) is 8.42 Å². The third-order valence-corrected chi connectivity index (χ3v) is 5.96. The largest absolute Gasteiger partial charge is 0.399 e. The molecule has 0 radical (unpaired) electrons. The first-order chi connectivity index (χ1) is 9.03. The monoisotopic (exact) mass is 301 g/mol. The molecule has 0 aliphatic carbocycles. The maximum Gasteiger partial charge on any atom is 0.242 e. The molecule has 1 unspecified atom stereocenters. The van der Waals surface area contributed by atoms with E-state index in [0.717, 1.165) is 6.54 Å². The Bertz CT molecular complexity index is 540. The van der Waals surface area contributed by atoms with Gasteiger partial charge in [-0.15, -0.1) is 0 Å². The number of nitrogen functional groups attached to an aromatic ring is 1. The number of benzene rings is 1. The molecule has 5 nitrogen and oxygen atoms in total. The minimum absolute atomic E-state index is 0.206. The lowest BCUT2D eigenvalue weighted by Crippen LogP contribution is -2.22. The maximum atomic E-state index is 12.0. The van der Waals surface area contributed by atoms with Gasteiger partial charge in [-0.2, -0.15) is 11.8 Å². The second-order valence-corrected chi connectivity index (χ2v) is 7.74. The second-order valence-electron chi connectivity index (χ2n) is 4.48. The molecule has 2 rings (SSSR count). The average Bonchev–Trinajstić information content (AvgIpc) is 2.90. The van der Waals surface area contributed by atoms with E-state index in [1.807, 2.05) is 11.8 Å². The highest BCUT2D eigenvalue weighted by molar-refractivity contribution is 8.00. The van der Waals surface area contributed by atoms with Crippen LogP contribution in [0.5, 0.6) is 0 Å². The summed E-state index contributed by atoms with van der Waals surface area (Å²) in [7, 11) is -2.10. The predicted molar refractivity (Wildman–Crippen MR) is 81.1 cm³/mol. The highest BCUT2D eigenvalue weighted by Gasteiger charge is 2.19. The van der Waals surface area contributed by atoms with Crippen molar-refractivity contribution < 1.29 is 8.42 Å². The van der Waals surface area contributed by atoms with Gasteiger partial charge in [0, 0.05) is 17.5 Å². The average molecular weight is 301 g/mol. The minimum Gasteiger partial charge on any atom is -0.399 e. The maximum absolute atomic E-state index is 12.0. The van der Waals surface area contributed by atoms with E-state index in [1.54, 1.807) is 12.1 Å². The summed E-state index contributed by atoms with van der Waals surface area (Å²) >= 11 is 1.93. The smallest absolute Gasteiger partial charge is 0.242 e. The van der Waals surface area contributed by atoms with Crippen molar-refractivity contribution in [1.82, 2.24) is 4.72 Å². The van der Waals surface area contributed by atoms with Crippen molar-refractivity contribution >= 4 is 33.2 Å². The van der Waals surface area contributed by atoms with E-state index < -0.39 is 10.0 Å². The molecule has 0 aromatic heterocycles. The van der Waals surface area contributed by atoms with Gasteiger partial charge < -0.3 is 11.1 Å². The summed E-state index contributed by atoms with van der Waals surface area (Å²) in [5.74, 6) is 1.19. The number of hydrogen-bond acceptors (Lipinski definition) is 5. The van der Waals surface area contributed by atoms with Gasteiger partial charge in [0.25, 0.3) is 0 Å². The van der Waals surface area contributed by atoms with Gasteiger partial charge in [-0.25, -0.2) is 13.1 Å². The zero-order chi connectivity index (χ0) is 13.9. The summed E-state index contributed by atoms with van der Waals surface area (Å²) in [5, 5.41) is 3.79.